The van der Waals surface area contributed by atoms with E-state index in [1.165, 1.54) is 4.57 Å². The molecule has 0 spiro atoms. The number of carbonyl (C=O) groups excluding carboxylic acids is 2. The summed E-state index contributed by atoms with van der Waals surface area (Å²) < 4.78 is 1.29. The summed E-state index contributed by atoms with van der Waals surface area (Å²) in [4.78, 5) is 27.0. The van der Waals surface area contributed by atoms with Gasteiger partial charge in [0, 0.05) is 5.56 Å². The summed E-state index contributed by atoms with van der Waals surface area (Å²) in [6.07, 6.45) is 0. The SMILES string of the molecule is C=C(C(=N)c1ccccc1)n1c2c(sc1=N)C(=O)N(c1ccccc1)C2=O. The maximum absolute atomic E-state index is 13.0. The molecule has 0 bridgehead atoms. The van der Waals surface area contributed by atoms with E-state index < -0.39 is 11.8 Å². The minimum absolute atomic E-state index is 0.0138. The Kier molecular flexibility index (Phi) is 3.93. The predicted molar refractivity (Wildman–Crippen MR) is 104 cm³/mol. The van der Waals surface area contributed by atoms with Gasteiger partial charge in [-0.15, -0.1) is 0 Å². The Hall–Kier alpha value is -3.58. The number of amides is 2. The van der Waals surface area contributed by atoms with E-state index in [0.717, 1.165) is 16.2 Å². The van der Waals surface area contributed by atoms with Crippen molar-refractivity contribution in [1.82, 2.24) is 4.57 Å². The second-order valence-electron chi connectivity index (χ2n) is 5.89. The Morgan fingerprint density at radius 3 is 2.15 bits per heavy atom. The smallest absolute Gasteiger partial charge is 0.284 e. The summed E-state index contributed by atoms with van der Waals surface area (Å²) in [6.45, 7) is 3.91. The van der Waals surface area contributed by atoms with Crippen LogP contribution < -0.4 is 9.70 Å². The Morgan fingerprint density at radius 2 is 1.52 bits per heavy atom. The van der Waals surface area contributed by atoms with Crippen LogP contribution >= 0.6 is 11.3 Å². The monoisotopic (exact) mass is 374 g/mol. The molecule has 1 aliphatic rings. The molecule has 2 heterocycles. The molecule has 0 aliphatic carbocycles. The average molecular weight is 374 g/mol. The van der Waals surface area contributed by atoms with Gasteiger partial charge >= 0.3 is 0 Å². The van der Waals surface area contributed by atoms with Crippen LogP contribution in [0.25, 0.3) is 5.70 Å². The number of hydrogen-bond donors (Lipinski definition) is 2. The van der Waals surface area contributed by atoms with E-state index in [9.17, 15) is 9.59 Å². The first-order valence-corrected chi connectivity index (χ1v) is 8.90. The maximum Gasteiger partial charge on any atom is 0.284 e. The number of hydrogen-bond acceptors (Lipinski definition) is 5. The van der Waals surface area contributed by atoms with Crippen LogP contribution in [0.4, 0.5) is 5.69 Å². The van der Waals surface area contributed by atoms with Gasteiger partial charge in [0.05, 0.1) is 17.1 Å². The molecule has 132 valence electrons. The van der Waals surface area contributed by atoms with Crippen LogP contribution in [0, 0.1) is 10.8 Å². The quantitative estimate of drug-likeness (QED) is 0.541. The molecular weight excluding hydrogens is 360 g/mol. The number of fused-ring (bicyclic) bond motifs is 1. The van der Waals surface area contributed by atoms with E-state index in [2.05, 4.69) is 6.58 Å². The van der Waals surface area contributed by atoms with E-state index in [0.29, 0.717) is 11.3 Å². The topological polar surface area (TPSA) is 90.0 Å². The molecule has 4 rings (SSSR count). The zero-order valence-electron chi connectivity index (χ0n) is 14.1. The Labute approximate surface area is 158 Å². The average Bonchev–Trinajstić information content (AvgIpc) is 3.16. The molecule has 0 unspecified atom stereocenters. The number of nitrogens with zero attached hydrogens (tertiary/aromatic N) is 2. The lowest BCUT2D eigenvalue weighted by molar-refractivity contribution is 0.0924. The highest BCUT2D eigenvalue weighted by molar-refractivity contribution is 7.12. The second-order valence-corrected chi connectivity index (χ2v) is 6.89. The lowest BCUT2D eigenvalue weighted by Crippen LogP contribution is -2.32. The van der Waals surface area contributed by atoms with Gasteiger partial charge in [0.1, 0.15) is 10.6 Å². The molecule has 6 nitrogen and oxygen atoms in total. The highest BCUT2D eigenvalue weighted by Gasteiger charge is 2.42. The van der Waals surface area contributed by atoms with Crippen LogP contribution in [0.5, 0.6) is 0 Å². The van der Waals surface area contributed by atoms with Crippen LogP contribution in [0.1, 0.15) is 25.7 Å². The van der Waals surface area contributed by atoms with Gasteiger partial charge in [-0.05, 0) is 12.1 Å². The van der Waals surface area contributed by atoms with Gasteiger partial charge in [0.2, 0.25) is 0 Å². The summed E-state index contributed by atoms with van der Waals surface area (Å²) in [5.74, 6) is -0.976. The molecule has 3 aromatic rings. The summed E-state index contributed by atoms with van der Waals surface area (Å²) in [7, 11) is 0. The molecule has 0 fully saturated rings. The first-order chi connectivity index (χ1) is 13.0. The van der Waals surface area contributed by atoms with E-state index >= 15 is 0 Å². The standard InChI is InChI=1S/C20H14N4O2S/c1-12(15(21)13-8-4-2-5-9-13)23-16-17(27-20(23)22)19(26)24(18(16)25)14-10-6-3-7-11-14/h2-11,21-22H,1H2. The Bertz CT molecular complexity index is 1160. The highest BCUT2D eigenvalue weighted by atomic mass is 32.1. The lowest BCUT2D eigenvalue weighted by Gasteiger charge is -2.15. The van der Waals surface area contributed by atoms with Crippen molar-refractivity contribution < 1.29 is 9.59 Å². The third-order valence-corrected chi connectivity index (χ3v) is 5.23. The van der Waals surface area contributed by atoms with E-state index in [-0.39, 0.29) is 26.8 Å². The number of benzene rings is 2. The summed E-state index contributed by atoms with van der Waals surface area (Å²) in [5, 5.41) is 16.6. The van der Waals surface area contributed by atoms with E-state index in [1.54, 1.807) is 54.6 Å². The minimum Gasteiger partial charge on any atom is -0.298 e. The van der Waals surface area contributed by atoms with E-state index in [1.807, 2.05) is 6.07 Å². The predicted octanol–water partition coefficient (Wildman–Crippen LogP) is 3.37. The summed E-state index contributed by atoms with van der Waals surface area (Å²) in [5.41, 5.74) is 1.45. The largest absolute Gasteiger partial charge is 0.298 e. The normalized spacial score (nSPS) is 13.0. The van der Waals surface area contributed by atoms with Crippen molar-refractivity contribution in [2.45, 2.75) is 0 Å². The van der Waals surface area contributed by atoms with Gasteiger partial charge in [-0.25, -0.2) is 4.90 Å². The minimum atomic E-state index is -0.516. The number of imide groups is 1. The molecule has 2 amide bonds. The zero-order valence-corrected chi connectivity index (χ0v) is 14.9. The van der Waals surface area contributed by atoms with Crippen molar-refractivity contribution in [3.63, 3.8) is 0 Å². The molecule has 0 atom stereocenters. The first-order valence-electron chi connectivity index (χ1n) is 8.08. The van der Waals surface area contributed by atoms with Gasteiger partial charge in [0.15, 0.2) is 4.80 Å². The second kappa shape index (κ2) is 6.30. The fourth-order valence-electron chi connectivity index (χ4n) is 2.98. The van der Waals surface area contributed by atoms with Crippen LogP contribution in [0.2, 0.25) is 0 Å². The van der Waals surface area contributed by atoms with E-state index in [4.69, 9.17) is 10.8 Å². The molecule has 7 heteroatoms. The molecule has 1 aliphatic heterocycles. The maximum atomic E-state index is 13.0. The number of nitrogens with one attached hydrogen (secondary N) is 2. The van der Waals surface area contributed by atoms with Crippen molar-refractivity contribution in [3.05, 3.63) is 88.2 Å². The van der Waals surface area contributed by atoms with Crippen molar-refractivity contribution in [1.29, 1.82) is 10.8 Å². The van der Waals surface area contributed by atoms with Gasteiger partial charge in [-0.1, -0.05) is 66.4 Å². The third kappa shape index (κ3) is 2.56. The van der Waals surface area contributed by atoms with Gasteiger partial charge in [-0.3, -0.25) is 25.0 Å². The van der Waals surface area contributed by atoms with Crippen molar-refractivity contribution in [2.75, 3.05) is 4.90 Å². The lowest BCUT2D eigenvalue weighted by atomic mass is 10.1. The van der Waals surface area contributed by atoms with Gasteiger partial charge in [0.25, 0.3) is 11.8 Å². The number of carbonyl (C=O) groups is 2. The molecule has 0 saturated carbocycles. The molecule has 2 N–H and O–H groups in total. The zero-order chi connectivity index (χ0) is 19.1. The number of anilines is 1. The molecule has 2 aromatic carbocycles. The Balaban J connectivity index is 1.80. The summed E-state index contributed by atoms with van der Waals surface area (Å²) in [6, 6.07) is 17.6. The third-order valence-electron chi connectivity index (χ3n) is 4.28. The van der Waals surface area contributed by atoms with Crippen molar-refractivity contribution in [3.8, 4) is 0 Å². The fraction of sp³-hybridized carbons (Fsp3) is 0. The van der Waals surface area contributed by atoms with Crippen molar-refractivity contribution >= 4 is 40.2 Å². The van der Waals surface area contributed by atoms with Gasteiger partial charge in [-0.2, -0.15) is 0 Å². The highest BCUT2D eigenvalue weighted by Crippen LogP contribution is 2.31. The molecule has 0 saturated heterocycles. The number of allylic oxidation sites excluding steroid dienone is 1. The summed E-state index contributed by atoms with van der Waals surface area (Å²) >= 11 is 0.915. The number of aromatic nitrogens is 1. The number of para-hydroxylation sites is 1. The number of thiazole rings is 1. The molecule has 27 heavy (non-hydrogen) atoms. The number of rotatable bonds is 4. The first kappa shape index (κ1) is 16.9. The van der Waals surface area contributed by atoms with Crippen LogP contribution in [-0.4, -0.2) is 22.1 Å². The van der Waals surface area contributed by atoms with Crippen molar-refractivity contribution in [2.24, 2.45) is 0 Å². The van der Waals surface area contributed by atoms with Gasteiger partial charge < -0.3 is 0 Å². The van der Waals surface area contributed by atoms with Crippen LogP contribution in [-0.2, 0) is 0 Å². The van der Waals surface area contributed by atoms with Crippen LogP contribution in [0.3, 0.4) is 0 Å². The fourth-order valence-corrected chi connectivity index (χ4v) is 3.92. The molecule has 1 aromatic heterocycles. The Morgan fingerprint density at radius 1 is 0.926 bits per heavy atom. The molecule has 0 radical (unpaired) electrons. The molecular formula is C20H14N4O2S. The van der Waals surface area contributed by atoms with Crippen LogP contribution in [0.15, 0.2) is 67.2 Å².